The van der Waals surface area contributed by atoms with Gasteiger partial charge in [0, 0.05) is 36.5 Å². The van der Waals surface area contributed by atoms with Gasteiger partial charge in [-0.05, 0) is 62.2 Å². The first-order valence-corrected chi connectivity index (χ1v) is 11.1. The highest BCUT2D eigenvalue weighted by Gasteiger charge is 2.39. The number of likely N-dealkylation sites (N-methyl/N-ethyl adjacent to an activating group) is 1. The van der Waals surface area contributed by atoms with Crippen LogP contribution in [0.2, 0.25) is 0 Å². The Morgan fingerprint density at radius 1 is 1.10 bits per heavy atom. The van der Waals surface area contributed by atoms with E-state index in [9.17, 15) is 9.59 Å². The predicted octanol–water partition coefficient (Wildman–Crippen LogP) is 3.24. The van der Waals surface area contributed by atoms with Crippen LogP contribution in [0.4, 0.5) is 5.69 Å². The van der Waals surface area contributed by atoms with Crippen molar-refractivity contribution in [1.82, 2.24) is 10.2 Å². The molecule has 0 fully saturated rings. The maximum Gasteiger partial charge on any atom is 0.262 e. The molecule has 6 heteroatoms. The zero-order valence-electron chi connectivity index (χ0n) is 18.0. The van der Waals surface area contributed by atoms with Gasteiger partial charge in [0.1, 0.15) is 5.54 Å². The number of carbonyl (C=O) groups is 2. The molecule has 0 bridgehead atoms. The first-order chi connectivity index (χ1) is 14.9. The number of terminal acetylenes is 2. The van der Waals surface area contributed by atoms with Crippen molar-refractivity contribution >= 4 is 28.8 Å². The van der Waals surface area contributed by atoms with E-state index in [1.165, 1.54) is 22.5 Å². The Labute approximate surface area is 188 Å². The molecule has 0 atom stereocenters. The predicted molar refractivity (Wildman–Crippen MR) is 126 cm³/mol. The van der Waals surface area contributed by atoms with Crippen LogP contribution < -0.4 is 10.6 Å². The van der Waals surface area contributed by atoms with Gasteiger partial charge in [0.25, 0.3) is 11.8 Å². The molecule has 0 unspecified atom stereocenters. The number of anilines is 1. The Kier molecular flexibility index (Phi) is 7.17. The van der Waals surface area contributed by atoms with Gasteiger partial charge in [-0.25, -0.2) is 0 Å². The number of fused-ring (bicyclic) bond motifs is 1. The van der Waals surface area contributed by atoms with Gasteiger partial charge in [-0.15, -0.1) is 36.0 Å². The lowest BCUT2D eigenvalue weighted by atomic mass is 9.90. The first kappa shape index (κ1) is 22.6. The summed E-state index contributed by atoms with van der Waals surface area (Å²) in [6.07, 6.45) is 13.0. The van der Waals surface area contributed by atoms with Crippen LogP contribution in [0.5, 0.6) is 0 Å². The highest BCUT2D eigenvalue weighted by atomic mass is 32.1. The van der Waals surface area contributed by atoms with Crippen LogP contribution in [0, 0.1) is 31.6 Å². The van der Waals surface area contributed by atoms with Crippen LogP contribution >= 0.6 is 11.3 Å². The Morgan fingerprint density at radius 2 is 1.77 bits per heavy atom. The minimum atomic E-state index is -1.38. The van der Waals surface area contributed by atoms with E-state index in [0.717, 1.165) is 30.8 Å². The van der Waals surface area contributed by atoms with E-state index in [1.807, 2.05) is 25.1 Å². The van der Waals surface area contributed by atoms with E-state index in [0.29, 0.717) is 10.6 Å². The van der Waals surface area contributed by atoms with E-state index in [1.54, 1.807) is 6.07 Å². The number of nitrogens with one attached hydrogen (secondary N) is 2. The largest absolute Gasteiger partial charge is 0.335 e. The van der Waals surface area contributed by atoms with Gasteiger partial charge in [-0.1, -0.05) is 6.07 Å². The Bertz CT molecular complexity index is 1040. The lowest BCUT2D eigenvalue weighted by molar-refractivity contribution is -0.121. The number of rotatable bonds is 6. The van der Waals surface area contributed by atoms with Crippen LogP contribution in [0.25, 0.3) is 0 Å². The third-order valence-electron chi connectivity index (χ3n) is 5.55. The minimum Gasteiger partial charge on any atom is -0.335 e. The fraction of sp³-hybridized carbons (Fsp3) is 0.360. The van der Waals surface area contributed by atoms with E-state index in [2.05, 4.69) is 40.5 Å². The van der Waals surface area contributed by atoms with E-state index in [4.69, 9.17) is 12.8 Å². The number of benzene rings is 1. The molecule has 1 aliphatic heterocycles. The molecule has 2 aromatic rings. The summed E-state index contributed by atoms with van der Waals surface area (Å²) in [4.78, 5) is 30.0. The van der Waals surface area contributed by atoms with Gasteiger partial charge < -0.3 is 15.5 Å². The number of carbonyl (C=O) groups excluding carboxylic acids is 2. The van der Waals surface area contributed by atoms with Crippen molar-refractivity contribution in [2.45, 2.75) is 38.1 Å². The minimum absolute atomic E-state index is 0.00509. The number of amides is 2. The summed E-state index contributed by atoms with van der Waals surface area (Å²) in [5, 5.41) is 5.77. The number of nitrogens with zero attached hydrogens (tertiary/aromatic N) is 1. The van der Waals surface area contributed by atoms with Gasteiger partial charge in [-0.3, -0.25) is 9.59 Å². The van der Waals surface area contributed by atoms with Crippen LogP contribution in [-0.2, 0) is 17.6 Å². The zero-order valence-corrected chi connectivity index (χ0v) is 18.8. The molecule has 1 aromatic carbocycles. The summed E-state index contributed by atoms with van der Waals surface area (Å²) in [5.74, 6) is 4.26. The fourth-order valence-electron chi connectivity index (χ4n) is 3.72. The zero-order chi connectivity index (χ0) is 22.4. The summed E-state index contributed by atoms with van der Waals surface area (Å²) in [7, 11) is 2.11. The summed E-state index contributed by atoms with van der Waals surface area (Å²) in [6.45, 7) is 3.90. The van der Waals surface area contributed by atoms with Gasteiger partial charge >= 0.3 is 0 Å². The average Bonchev–Trinajstić information content (AvgIpc) is 3.09. The molecule has 3 rings (SSSR count). The van der Waals surface area contributed by atoms with Gasteiger partial charge in [0.2, 0.25) is 0 Å². The molecule has 0 saturated carbocycles. The summed E-state index contributed by atoms with van der Waals surface area (Å²) in [5.41, 5.74) is 1.81. The van der Waals surface area contributed by atoms with Crippen molar-refractivity contribution in [3.63, 3.8) is 0 Å². The third-order valence-corrected chi connectivity index (χ3v) is 6.55. The van der Waals surface area contributed by atoms with Crippen molar-refractivity contribution in [2.24, 2.45) is 0 Å². The molecule has 0 spiro atoms. The van der Waals surface area contributed by atoms with Crippen LogP contribution in [-0.4, -0.2) is 42.4 Å². The molecule has 0 aliphatic carbocycles. The number of hydrogen-bond acceptors (Lipinski definition) is 4. The number of hydrogen-bond donors (Lipinski definition) is 2. The summed E-state index contributed by atoms with van der Waals surface area (Å²) >= 11 is 1.35. The van der Waals surface area contributed by atoms with Crippen molar-refractivity contribution < 1.29 is 9.59 Å². The lowest BCUT2D eigenvalue weighted by Gasteiger charge is -2.30. The van der Waals surface area contributed by atoms with E-state index < -0.39 is 11.4 Å². The molecule has 1 aromatic heterocycles. The summed E-state index contributed by atoms with van der Waals surface area (Å²) in [6, 6.07) is 9.54. The number of aryl methyl sites for hydroxylation is 1. The molecular formula is C25H27N3O2S. The Morgan fingerprint density at radius 3 is 2.39 bits per heavy atom. The SMILES string of the molecule is C#CCC(CC#C)(NC(=O)c1ccc(C)s1)C(=O)Nc1ccc2c(c1)CCN(C)CC2. The second-order valence-electron chi connectivity index (χ2n) is 7.95. The molecule has 0 radical (unpaired) electrons. The van der Waals surface area contributed by atoms with E-state index in [-0.39, 0.29) is 18.7 Å². The summed E-state index contributed by atoms with van der Waals surface area (Å²) < 4.78 is 0. The molecule has 1 aliphatic rings. The van der Waals surface area contributed by atoms with Crippen LogP contribution in [0.1, 0.15) is 38.5 Å². The molecule has 160 valence electrons. The van der Waals surface area contributed by atoms with Crippen LogP contribution in [0.3, 0.4) is 0 Å². The first-order valence-electron chi connectivity index (χ1n) is 10.2. The molecule has 5 nitrogen and oxygen atoms in total. The van der Waals surface area contributed by atoms with Crippen molar-refractivity contribution in [2.75, 3.05) is 25.5 Å². The van der Waals surface area contributed by atoms with Gasteiger partial charge in [-0.2, -0.15) is 0 Å². The standard InChI is InChI=1S/C25H27N3O2S/c1-5-13-25(14-6-2,27-23(29)22-10-7-18(3)31-22)24(30)26-21-9-8-19-11-15-28(4)16-12-20(19)17-21/h1-2,7-10,17H,11-16H2,3-4H3,(H,26,30)(H,27,29). The second kappa shape index (κ2) is 9.83. The highest BCUT2D eigenvalue weighted by Crippen LogP contribution is 2.24. The maximum absolute atomic E-state index is 13.4. The quantitative estimate of drug-likeness (QED) is 0.688. The lowest BCUT2D eigenvalue weighted by Crippen LogP contribution is -2.56. The smallest absolute Gasteiger partial charge is 0.262 e. The molecule has 31 heavy (non-hydrogen) atoms. The second-order valence-corrected chi connectivity index (χ2v) is 9.24. The van der Waals surface area contributed by atoms with Crippen LogP contribution in [0.15, 0.2) is 30.3 Å². The highest BCUT2D eigenvalue weighted by molar-refractivity contribution is 7.13. The van der Waals surface area contributed by atoms with Crippen molar-refractivity contribution in [3.8, 4) is 24.7 Å². The van der Waals surface area contributed by atoms with Gasteiger partial charge in [0.05, 0.1) is 4.88 Å². The third kappa shape index (κ3) is 5.35. The normalized spacial score (nSPS) is 13.9. The molecule has 2 heterocycles. The van der Waals surface area contributed by atoms with Crippen molar-refractivity contribution in [3.05, 3.63) is 51.2 Å². The molecular weight excluding hydrogens is 406 g/mol. The monoisotopic (exact) mass is 433 g/mol. The Balaban J connectivity index is 1.84. The topological polar surface area (TPSA) is 61.4 Å². The average molecular weight is 434 g/mol. The molecule has 2 amide bonds. The molecule has 2 N–H and O–H groups in total. The number of thiophene rings is 1. The maximum atomic E-state index is 13.4. The Hall–Kier alpha value is -3.06. The van der Waals surface area contributed by atoms with Gasteiger partial charge in [0.15, 0.2) is 0 Å². The molecule has 0 saturated heterocycles. The van der Waals surface area contributed by atoms with Crippen molar-refractivity contribution in [1.29, 1.82) is 0 Å². The van der Waals surface area contributed by atoms with E-state index >= 15 is 0 Å². The fourth-order valence-corrected chi connectivity index (χ4v) is 4.48.